The summed E-state index contributed by atoms with van der Waals surface area (Å²) in [6.07, 6.45) is 5.68. The Morgan fingerprint density at radius 3 is 2.44 bits per heavy atom. The summed E-state index contributed by atoms with van der Waals surface area (Å²) in [5.41, 5.74) is 6.04. The Bertz CT molecular complexity index is 533. The van der Waals surface area contributed by atoms with Crippen LogP contribution < -0.4 is 15.4 Å². The molecule has 140 valence electrons. The highest BCUT2D eigenvalue weighted by Crippen LogP contribution is 2.26. The highest BCUT2D eigenvalue weighted by molar-refractivity contribution is 5.46. The zero-order chi connectivity index (χ0) is 17.9. The second kappa shape index (κ2) is 7.89. The highest BCUT2D eigenvalue weighted by atomic mass is 16.5. The van der Waals surface area contributed by atoms with E-state index < -0.39 is 5.60 Å². The van der Waals surface area contributed by atoms with E-state index in [1.165, 1.54) is 0 Å². The molecule has 3 N–H and O–H groups in total. The first kappa shape index (κ1) is 18.4. The van der Waals surface area contributed by atoms with E-state index >= 15 is 0 Å². The number of ether oxygens (including phenoxy) is 1. The molecule has 2 aliphatic heterocycles. The topological polar surface area (TPSA) is 74.8 Å². The molecule has 0 aromatic carbocycles. The van der Waals surface area contributed by atoms with Crippen LogP contribution in [0.25, 0.3) is 0 Å². The van der Waals surface area contributed by atoms with Gasteiger partial charge < -0.3 is 25.4 Å². The Labute approximate surface area is 151 Å². The molecule has 2 aliphatic rings. The lowest BCUT2D eigenvalue weighted by molar-refractivity contribution is 0.0250. The summed E-state index contributed by atoms with van der Waals surface area (Å²) in [4.78, 5) is 9.24. The van der Waals surface area contributed by atoms with Crippen molar-refractivity contribution in [2.24, 2.45) is 5.73 Å². The zero-order valence-electron chi connectivity index (χ0n) is 15.5. The third-order valence-electron chi connectivity index (χ3n) is 5.65. The van der Waals surface area contributed by atoms with E-state index in [1.54, 1.807) is 0 Å². The standard InChI is InChI=1S/C19H32N4O2/c1-15(2)22-9-5-17(6-10-22)25-18-4-3-16(13-21-18)23-11-7-19(24,14-20)8-12-23/h3-4,13,15,17,24H,5-12,14,20H2,1-2H3. The number of hydrogen-bond acceptors (Lipinski definition) is 6. The highest BCUT2D eigenvalue weighted by Gasteiger charge is 2.31. The summed E-state index contributed by atoms with van der Waals surface area (Å²) >= 11 is 0. The van der Waals surface area contributed by atoms with Crippen molar-refractivity contribution in [1.82, 2.24) is 9.88 Å². The lowest BCUT2D eigenvalue weighted by Crippen LogP contribution is -2.48. The van der Waals surface area contributed by atoms with E-state index in [-0.39, 0.29) is 6.10 Å². The Kier molecular flexibility index (Phi) is 5.81. The molecule has 3 heterocycles. The zero-order valence-corrected chi connectivity index (χ0v) is 15.5. The fourth-order valence-electron chi connectivity index (χ4n) is 3.70. The smallest absolute Gasteiger partial charge is 0.213 e. The van der Waals surface area contributed by atoms with Gasteiger partial charge in [-0.2, -0.15) is 0 Å². The van der Waals surface area contributed by atoms with Crippen molar-refractivity contribution >= 4 is 5.69 Å². The second-order valence-electron chi connectivity index (χ2n) is 7.72. The minimum Gasteiger partial charge on any atom is -0.474 e. The summed E-state index contributed by atoms with van der Waals surface area (Å²) < 4.78 is 6.06. The number of anilines is 1. The molecule has 0 saturated carbocycles. The van der Waals surface area contributed by atoms with Crippen LogP contribution in [0.3, 0.4) is 0 Å². The molecular weight excluding hydrogens is 316 g/mol. The van der Waals surface area contributed by atoms with E-state index in [0.29, 0.717) is 31.3 Å². The van der Waals surface area contributed by atoms with E-state index in [4.69, 9.17) is 10.5 Å². The molecule has 0 spiro atoms. The van der Waals surface area contributed by atoms with Crippen LogP contribution in [0, 0.1) is 0 Å². The summed E-state index contributed by atoms with van der Waals surface area (Å²) in [7, 11) is 0. The first-order valence-electron chi connectivity index (χ1n) is 9.53. The van der Waals surface area contributed by atoms with Crippen molar-refractivity contribution in [3.05, 3.63) is 18.3 Å². The van der Waals surface area contributed by atoms with E-state index in [2.05, 4.69) is 34.7 Å². The average molecular weight is 348 g/mol. The van der Waals surface area contributed by atoms with Crippen LogP contribution in [0.1, 0.15) is 39.5 Å². The van der Waals surface area contributed by atoms with Crippen molar-refractivity contribution in [3.8, 4) is 5.88 Å². The molecule has 0 unspecified atom stereocenters. The largest absolute Gasteiger partial charge is 0.474 e. The number of rotatable bonds is 5. The predicted molar refractivity (Wildman–Crippen MR) is 100 cm³/mol. The van der Waals surface area contributed by atoms with Crippen molar-refractivity contribution in [2.45, 2.75) is 57.3 Å². The van der Waals surface area contributed by atoms with Crippen LogP contribution >= 0.6 is 0 Å². The maximum absolute atomic E-state index is 10.2. The van der Waals surface area contributed by atoms with Gasteiger partial charge in [0.2, 0.25) is 5.88 Å². The molecule has 0 radical (unpaired) electrons. The number of pyridine rings is 1. The molecule has 0 bridgehead atoms. The van der Waals surface area contributed by atoms with Gasteiger partial charge in [-0.15, -0.1) is 0 Å². The van der Waals surface area contributed by atoms with Crippen LogP contribution in [0.15, 0.2) is 18.3 Å². The van der Waals surface area contributed by atoms with Gasteiger partial charge in [-0.25, -0.2) is 4.98 Å². The maximum Gasteiger partial charge on any atom is 0.213 e. The molecule has 0 amide bonds. The van der Waals surface area contributed by atoms with Crippen molar-refractivity contribution in [2.75, 3.05) is 37.6 Å². The Morgan fingerprint density at radius 1 is 1.24 bits per heavy atom. The SMILES string of the molecule is CC(C)N1CCC(Oc2ccc(N3CCC(O)(CN)CC3)cn2)CC1. The van der Waals surface area contributed by atoms with Crippen LogP contribution in [0.4, 0.5) is 5.69 Å². The minimum absolute atomic E-state index is 0.267. The second-order valence-corrected chi connectivity index (χ2v) is 7.72. The number of aliphatic hydroxyl groups is 1. The molecule has 1 aromatic heterocycles. The van der Waals surface area contributed by atoms with Crippen molar-refractivity contribution in [1.29, 1.82) is 0 Å². The van der Waals surface area contributed by atoms with Gasteiger partial charge in [-0.05, 0) is 45.6 Å². The fraction of sp³-hybridized carbons (Fsp3) is 0.737. The number of piperidine rings is 2. The Morgan fingerprint density at radius 2 is 1.92 bits per heavy atom. The van der Waals surface area contributed by atoms with Gasteiger partial charge in [0.1, 0.15) is 6.10 Å². The number of nitrogens with two attached hydrogens (primary N) is 1. The number of nitrogens with zero attached hydrogens (tertiary/aromatic N) is 3. The van der Waals surface area contributed by atoms with Gasteiger partial charge in [0.25, 0.3) is 0 Å². The summed E-state index contributed by atoms with van der Waals surface area (Å²) in [6, 6.07) is 4.64. The molecule has 2 fully saturated rings. The predicted octanol–water partition coefficient (Wildman–Crippen LogP) is 1.62. The summed E-state index contributed by atoms with van der Waals surface area (Å²) in [5, 5.41) is 10.2. The van der Waals surface area contributed by atoms with E-state index in [1.807, 2.05) is 12.3 Å². The summed E-state index contributed by atoms with van der Waals surface area (Å²) in [6.45, 7) is 8.64. The van der Waals surface area contributed by atoms with Crippen molar-refractivity contribution < 1.29 is 9.84 Å². The third kappa shape index (κ3) is 4.63. The monoisotopic (exact) mass is 348 g/mol. The minimum atomic E-state index is -0.697. The average Bonchev–Trinajstić information content (AvgIpc) is 2.64. The molecule has 0 aliphatic carbocycles. The van der Waals surface area contributed by atoms with Crippen molar-refractivity contribution in [3.63, 3.8) is 0 Å². The van der Waals surface area contributed by atoms with Crippen LogP contribution in [0.2, 0.25) is 0 Å². The lowest BCUT2D eigenvalue weighted by Gasteiger charge is -2.38. The van der Waals surface area contributed by atoms with Crippen LogP contribution in [-0.2, 0) is 0 Å². The van der Waals surface area contributed by atoms with Gasteiger partial charge >= 0.3 is 0 Å². The number of hydrogen-bond donors (Lipinski definition) is 2. The van der Waals surface area contributed by atoms with Crippen LogP contribution in [-0.4, -0.2) is 65.5 Å². The van der Waals surface area contributed by atoms with Gasteiger partial charge in [-0.3, -0.25) is 0 Å². The Hall–Kier alpha value is -1.37. The quantitative estimate of drug-likeness (QED) is 0.842. The van der Waals surface area contributed by atoms with Gasteiger partial charge in [-0.1, -0.05) is 0 Å². The molecule has 1 aromatic rings. The van der Waals surface area contributed by atoms with E-state index in [9.17, 15) is 5.11 Å². The first-order valence-corrected chi connectivity index (χ1v) is 9.53. The molecule has 6 heteroatoms. The van der Waals surface area contributed by atoms with Gasteiger partial charge in [0.05, 0.1) is 17.5 Å². The van der Waals surface area contributed by atoms with E-state index in [0.717, 1.165) is 44.7 Å². The molecule has 6 nitrogen and oxygen atoms in total. The first-order chi connectivity index (χ1) is 12.0. The van der Waals surface area contributed by atoms with Gasteiger partial charge in [0.15, 0.2) is 0 Å². The Balaban J connectivity index is 1.50. The molecule has 25 heavy (non-hydrogen) atoms. The van der Waals surface area contributed by atoms with Gasteiger partial charge in [0, 0.05) is 44.8 Å². The number of likely N-dealkylation sites (tertiary alicyclic amines) is 1. The number of aromatic nitrogens is 1. The van der Waals surface area contributed by atoms with Crippen LogP contribution in [0.5, 0.6) is 5.88 Å². The lowest BCUT2D eigenvalue weighted by atomic mass is 9.91. The normalized spacial score (nSPS) is 22.4. The fourth-order valence-corrected chi connectivity index (χ4v) is 3.70. The molecular formula is C19H32N4O2. The molecule has 0 atom stereocenters. The molecule has 3 rings (SSSR count). The summed E-state index contributed by atoms with van der Waals surface area (Å²) in [5.74, 6) is 0.710. The molecule has 2 saturated heterocycles. The third-order valence-corrected chi connectivity index (χ3v) is 5.65. The maximum atomic E-state index is 10.2.